The molecule has 0 aliphatic heterocycles. The first-order chi connectivity index (χ1) is 9.38. The van der Waals surface area contributed by atoms with Gasteiger partial charge in [-0.15, -0.1) is 0 Å². The molecule has 3 nitrogen and oxygen atoms in total. The van der Waals surface area contributed by atoms with Gasteiger partial charge in [0, 0.05) is 5.56 Å². The average Bonchev–Trinajstić information content (AvgIpc) is 2.36. The number of carbonyl (C=O) groups is 1. The second-order valence-corrected chi connectivity index (χ2v) is 5.84. The van der Waals surface area contributed by atoms with Gasteiger partial charge in [-0.05, 0) is 52.9 Å². The second-order valence-electron chi connectivity index (χ2n) is 3.86. The molecule has 0 fully saturated rings. The molecule has 7 heteroatoms. The molecule has 0 spiro atoms. The number of benzene rings is 2. The first kappa shape index (κ1) is 15.3. The lowest BCUT2D eigenvalue weighted by atomic mass is 10.2. The lowest BCUT2D eigenvalue weighted by Gasteiger charge is -2.10. The molecule has 0 bridgehead atoms. The average molecular weight is 426 g/mol. The van der Waals surface area contributed by atoms with Gasteiger partial charge < -0.3 is 10.4 Å². The van der Waals surface area contributed by atoms with Crippen LogP contribution in [-0.4, -0.2) is 11.0 Å². The summed E-state index contributed by atoms with van der Waals surface area (Å²) in [6.45, 7) is 0. The zero-order valence-corrected chi connectivity index (χ0v) is 13.4. The number of nitrogens with one attached hydrogen (secondary N) is 1. The van der Waals surface area contributed by atoms with Crippen LogP contribution in [0.3, 0.4) is 0 Å². The minimum absolute atomic E-state index is 0.00177. The summed E-state index contributed by atoms with van der Waals surface area (Å²) in [6.07, 6.45) is 0. The lowest BCUT2D eigenvalue weighted by molar-refractivity contribution is 0.102. The summed E-state index contributed by atoms with van der Waals surface area (Å²) in [6, 6.07) is 6.56. The Balaban J connectivity index is 2.30. The van der Waals surface area contributed by atoms with E-state index in [4.69, 9.17) is 23.2 Å². The Morgan fingerprint density at radius 2 is 1.80 bits per heavy atom. The van der Waals surface area contributed by atoms with Crippen molar-refractivity contribution in [1.82, 2.24) is 0 Å². The van der Waals surface area contributed by atoms with Crippen molar-refractivity contribution in [1.29, 1.82) is 0 Å². The second kappa shape index (κ2) is 6.15. The molecule has 0 radical (unpaired) electrons. The molecule has 2 aromatic rings. The molecular formula is C13H7Cl2FINO2. The fourth-order valence-corrected chi connectivity index (χ4v) is 2.39. The van der Waals surface area contributed by atoms with Crippen LogP contribution in [-0.2, 0) is 0 Å². The van der Waals surface area contributed by atoms with Gasteiger partial charge in [-0.1, -0.05) is 23.2 Å². The standard InChI is InChI=1S/C13H7Cl2FINO2/c14-8-4-7(16)5-9(15)12(8)18-13(20)6-1-2-10(17)11(19)3-6/h1-5,19H,(H,18,20). The van der Waals surface area contributed by atoms with E-state index in [9.17, 15) is 14.3 Å². The fourth-order valence-electron chi connectivity index (χ4n) is 1.50. The molecule has 0 saturated heterocycles. The van der Waals surface area contributed by atoms with Crippen molar-refractivity contribution >= 4 is 57.4 Å². The monoisotopic (exact) mass is 425 g/mol. The van der Waals surface area contributed by atoms with Crippen molar-refractivity contribution in [2.45, 2.75) is 0 Å². The Bertz CT molecular complexity index is 671. The summed E-state index contributed by atoms with van der Waals surface area (Å²) in [4.78, 5) is 12.0. The summed E-state index contributed by atoms with van der Waals surface area (Å²) in [5.41, 5.74) is 0.358. The van der Waals surface area contributed by atoms with Crippen LogP contribution in [0.1, 0.15) is 10.4 Å². The van der Waals surface area contributed by atoms with Gasteiger partial charge in [0.1, 0.15) is 11.6 Å². The molecule has 2 rings (SSSR count). The molecule has 0 unspecified atom stereocenters. The largest absolute Gasteiger partial charge is 0.507 e. The van der Waals surface area contributed by atoms with E-state index in [1.165, 1.54) is 6.07 Å². The quantitative estimate of drug-likeness (QED) is 0.685. The van der Waals surface area contributed by atoms with Crippen LogP contribution in [0.4, 0.5) is 10.1 Å². The lowest BCUT2D eigenvalue weighted by Crippen LogP contribution is -2.12. The number of anilines is 1. The van der Waals surface area contributed by atoms with Crippen LogP contribution in [0.15, 0.2) is 30.3 Å². The molecule has 0 atom stereocenters. The number of phenols is 1. The highest BCUT2D eigenvalue weighted by molar-refractivity contribution is 14.1. The number of hydrogen-bond donors (Lipinski definition) is 2. The minimum Gasteiger partial charge on any atom is -0.507 e. The van der Waals surface area contributed by atoms with E-state index in [0.29, 0.717) is 3.57 Å². The van der Waals surface area contributed by atoms with Gasteiger partial charge in [0.15, 0.2) is 0 Å². The first-order valence-corrected chi connectivity index (χ1v) is 7.16. The Hall–Kier alpha value is -1.05. The summed E-state index contributed by atoms with van der Waals surface area (Å²) in [5.74, 6) is -1.11. The molecular weight excluding hydrogens is 419 g/mol. The van der Waals surface area contributed by atoms with Gasteiger partial charge in [-0.2, -0.15) is 0 Å². The highest BCUT2D eigenvalue weighted by Gasteiger charge is 2.14. The molecule has 0 aromatic heterocycles. The van der Waals surface area contributed by atoms with E-state index < -0.39 is 11.7 Å². The van der Waals surface area contributed by atoms with E-state index in [-0.39, 0.29) is 27.0 Å². The molecule has 2 aromatic carbocycles. The van der Waals surface area contributed by atoms with E-state index in [1.807, 2.05) is 22.6 Å². The topological polar surface area (TPSA) is 49.3 Å². The minimum atomic E-state index is -0.593. The van der Waals surface area contributed by atoms with E-state index >= 15 is 0 Å². The van der Waals surface area contributed by atoms with Crippen molar-refractivity contribution in [2.75, 3.05) is 5.32 Å². The maximum Gasteiger partial charge on any atom is 0.255 e. The number of carbonyl (C=O) groups excluding carboxylic acids is 1. The van der Waals surface area contributed by atoms with Crippen LogP contribution in [0.25, 0.3) is 0 Å². The number of hydrogen-bond acceptors (Lipinski definition) is 2. The first-order valence-electron chi connectivity index (χ1n) is 5.33. The SMILES string of the molecule is O=C(Nc1c(Cl)cc(F)cc1Cl)c1ccc(I)c(O)c1. The third-order valence-corrected chi connectivity index (χ3v) is 3.96. The van der Waals surface area contributed by atoms with Crippen molar-refractivity contribution in [3.05, 3.63) is 55.3 Å². The van der Waals surface area contributed by atoms with Crippen molar-refractivity contribution < 1.29 is 14.3 Å². The fraction of sp³-hybridized carbons (Fsp3) is 0. The third kappa shape index (κ3) is 3.34. The molecule has 0 aliphatic rings. The molecule has 0 heterocycles. The van der Waals surface area contributed by atoms with Gasteiger partial charge in [0.25, 0.3) is 5.91 Å². The van der Waals surface area contributed by atoms with Crippen molar-refractivity contribution in [3.8, 4) is 5.75 Å². The van der Waals surface area contributed by atoms with E-state index in [0.717, 1.165) is 12.1 Å². The zero-order chi connectivity index (χ0) is 14.9. The molecule has 0 aliphatic carbocycles. The number of aromatic hydroxyl groups is 1. The Kier molecular flexibility index (Phi) is 4.72. The van der Waals surface area contributed by atoms with Crippen LogP contribution in [0.2, 0.25) is 10.0 Å². The number of phenolic OH excluding ortho intramolecular Hbond substituents is 1. The molecule has 2 N–H and O–H groups in total. The predicted molar refractivity (Wildman–Crippen MR) is 85.2 cm³/mol. The molecule has 20 heavy (non-hydrogen) atoms. The van der Waals surface area contributed by atoms with Crippen LogP contribution < -0.4 is 5.32 Å². The smallest absolute Gasteiger partial charge is 0.255 e. The Morgan fingerprint density at radius 3 is 2.35 bits per heavy atom. The van der Waals surface area contributed by atoms with Gasteiger partial charge in [0.2, 0.25) is 0 Å². The Labute approximate surface area is 137 Å². The van der Waals surface area contributed by atoms with Gasteiger partial charge in [-0.3, -0.25) is 4.79 Å². The van der Waals surface area contributed by atoms with E-state index in [2.05, 4.69) is 5.32 Å². The molecule has 1 amide bonds. The predicted octanol–water partition coefficient (Wildman–Crippen LogP) is 4.70. The molecule has 0 saturated carbocycles. The maximum atomic E-state index is 13.1. The van der Waals surface area contributed by atoms with Gasteiger partial charge >= 0.3 is 0 Å². The summed E-state index contributed by atoms with van der Waals surface area (Å²) >= 11 is 13.6. The highest BCUT2D eigenvalue weighted by Crippen LogP contribution is 2.32. The summed E-state index contributed by atoms with van der Waals surface area (Å²) in [5, 5.41) is 12.1. The highest BCUT2D eigenvalue weighted by atomic mass is 127. The van der Waals surface area contributed by atoms with Crippen molar-refractivity contribution in [3.63, 3.8) is 0 Å². The number of rotatable bonds is 2. The van der Waals surface area contributed by atoms with Gasteiger partial charge in [0.05, 0.1) is 19.3 Å². The maximum absolute atomic E-state index is 13.1. The number of amides is 1. The van der Waals surface area contributed by atoms with Crippen LogP contribution in [0, 0.1) is 9.39 Å². The zero-order valence-electron chi connectivity index (χ0n) is 9.75. The summed E-state index contributed by atoms with van der Waals surface area (Å²) < 4.78 is 13.7. The van der Waals surface area contributed by atoms with Crippen molar-refractivity contribution in [2.24, 2.45) is 0 Å². The molecule has 104 valence electrons. The normalized spacial score (nSPS) is 10.4. The Morgan fingerprint density at radius 1 is 1.20 bits per heavy atom. The summed E-state index contributed by atoms with van der Waals surface area (Å²) in [7, 11) is 0. The third-order valence-electron chi connectivity index (χ3n) is 2.45. The number of halogens is 4. The van der Waals surface area contributed by atoms with E-state index in [1.54, 1.807) is 12.1 Å². The van der Waals surface area contributed by atoms with Crippen LogP contribution >= 0.6 is 45.8 Å². The van der Waals surface area contributed by atoms with Crippen LogP contribution in [0.5, 0.6) is 5.75 Å². The van der Waals surface area contributed by atoms with Gasteiger partial charge in [-0.25, -0.2) is 4.39 Å².